The molecule has 0 aliphatic heterocycles. The van der Waals surface area contributed by atoms with Crippen LogP contribution in [0.3, 0.4) is 0 Å². The van der Waals surface area contributed by atoms with Crippen molar-refractivity contribution < 1.29 is 14.6 Å². The van der Waals surface area contributed by atoms with Crippen LogP contribution in [0.25, 0.3) is 0 Å². The van der Waals surface area contributed by atoms with E-state index < -0.39 is 12.1 Å². The molecule has 0 aliphatic rings. The van der Waals surface area contributed by atoms with E-state index in [-0.39, 0.29) is 12.0 Å². The molecule has 0 aliphatic carbocycles. The van der Waals surface area contributed by atoms with Gasteiger partial charge in [-0.05, 0) is 19.1 Å². The van der Waals surface area contributed by atoms with Crippen molar-refractivity contribution in [2.75, 3.05) is 0 Å². The van der Waals surface area contributed by atoms with E-state index in [0.29, 0.717) is 10.8 Å². The molecule has 5 heteroatoms. The average molecular weight is 240 g/mol. The summed E-state index contributed by atoms with van der Waals surface area (Å²) in [5, 5.41) is 17.7. The van der Waals surface area contributed by atoms with Gasteiger partial charge in [0, 0.05) is 0 Å². The third kappa shape index (κ3) is 3.14. The molecule has 1 N–H and O–H groups in total. The minimum absolute atomic E-state index is 0.128. The molecule has 1 rings (SSSR count). The van der Waals surface area contributed by atoms with E-state index in [0.717, 1.165) is 0 Å². The predicted molar refractivity (Wildman–Crippen MR) is 58.5 cm³/mol. The monoisotopic (exact) mass is 239 g/mol. The van der Waals surface area contributed by atoms with Gasteiger partial charge in [-0.15, -0.1) is 0 Å². The summed E-state index contributed by atoms with van der Waals surface area (Å²) < 4.78 is 5.34. The number of nitriles is 1. The molecule has 0 heterocycles. The highest BCUT2D eigenvalue weighted by Crippen LogP contribution is 2.26. The largest absolute Gasteiger partial charge is 0.489 e. The second-order valence-electron chi connectivity index (χ2n) is 3.25. The molecule has 0 fully saturated rings. The fourth-order valence-corrected chi connectivity index (χ4v) is 1.42. The summed E-state index contributed by atoms with van der Waals surface area (Å²) in [4.78, 5) is 10.5. The topological polar surface area (TPSA) is 70.3 Å². The number of rotatable bonds is 4. The van der Waals surface area contributed by atoms with Gasteiger partial charge in [0.25, 0.3) is 0 Å². The Morgan fingerprint density at radius 1 is 1.69 bits per heavy atom. The van der Waals surface area contributed by atoms with Crippen molar-refractivity contribution in [1.82, 2.24) is 0 Å². The van der Waals surface area contributed by atoms with Crippen LogP contribution in [0.15, 0.2) is 18.2 Å². The minimum Gasteiger partial charge on any atom is -0.489 e. The van der Waals surface area contributed by atoms with E-state index in [4.69, 9.17) is 26.7 Å². The maximum absolute atomic E-state index is 10.5. The Kier molecular flexibility index (Phi) is 4.15. The smallest absolute Gasteiger partial charge is 0.307 e. The minimum atomic E-state index is -0.951. The first-order chi connectivity index (χ1) is 7.54. The van der Waals surface area contributed by atoms with Gasteiger partial charge in [0.1, 0.15) is 23.5 Å². The van der Waals surface area contributed by atoms with Gasteiger partial charge in [-0.1, -0.05) is 17.7 Å². The molecule has 4 nitrogen and oxygen atoms in total. The quantitative estimate of drug-likeness (QED) is 0.876. The van der Waals surface area contributed by atoms with Gasteiger partial charge in [0.05, 0.1) is 11.4 Å². The number of hydrogen-bond donors (Lipinski definition) is 1. The Bertz CT molecular complexity index is 439. The second-order valence-corrected chi connectivity index (χ2v) is 3.66. The Balaban J connectivity index is 2.85. The van der Waals surface area contributed by atoms with E-state index in [9.17, 15) is 4.79 Å². The van der Waals surface area contributed by atoms with E-state index >= 15 is 0 Å². The molecule has 0 bridgehead atoms. The Morgan fingerprint density at radius 2 is 2.38 bits per heavy atom. The van der Waals surface area contributed by atoms with E-state index in [2.05, 4.69) is 0 Å². The second kappa shape index (κ2) is 5.38. The Morgan fingerprint density at radius 3 is 2.94 bits per heavy atom. The van der Waals surface area contributed by atoms with Crippen molar-refractivity contribution in [2.45, 2.75) is 19.4 Å². The normalized spacial score (nSPS) is 11.6. The van der Waals surface area contributed by atoms with Crippen molar-refractivity contribution in [3.63, 3.8) is 0 Å². The summed E-state index contributed by atoms with van der Waals surface area (Å²) >= 11 is 5.80. The molecule has 0 spiro atoms. The molecule has 0 aromatic heterocycles. The standard InChI is InChI=1S/C11H10ClNO3/c1-7(5-11(14)15)16-10-4-2-3-9(12)8(10)6-13/h2-4,7H,5H2,1H3,(H,14,15)/t7-/m1/s1. The van der Waals surface area contributed by atoms with Gasteiger partial charge < -0.3 is 9.84 Å². The number of hydrogen-bond acceptors (Lipinski definition) is 3. The lowest BCUT2D eigenvalue weighted by Gasteiger charge is -2.13. The zero-order valence-corrected chi connectivity index (χ0v) is 9.36. The average Bonchev–Trinajstić information content (AvgIpc) is 2.16. The van der Waals surface area contributed by atoms with Gasteiger partial charge in [-0.3, -0.25) is 4.79 Å². The van der Waals surface area contributed by atoms with Gasteiger partial charge >= 0.3 is 5.97 Å². The molecule has 0 amide bonds. The summed E-state index contributed by atoms with van der Waals surface area (Å²) in [6, 6.07) is 6.73. The van der Waals surface area contributed by atoms with Crippen LogP contribution in [0, 0.1) is 11.3 Å². The first-order valence-electron chi connectivity index (χ1n) is 4.61. The van der Waals surface area contributed by atoms with Crippen molar-refractivity contribution in [3.05, 3.63) is 28.8 Å². The fourth-order valence-electron chi connectivity index (χ4n) is 1.22. The van der Waals surface area contributed by atoms with Crippen LogP contribution in [0.4, 0.5) is 0 Å². The molecule has 0 saturated carbocycles. The number of nitrogens with zero attached hydrogens (tertiary/aromatic N) is 1. The molecule has 84 valence electrons. The molecule has 1 aromatic rings. The fraction of sp³-hybridized carbons (Fsp3) is 0.273. The molecule has 16 heavy (non-hydrogen) atoms. The third-order valence-corrected chi connectivity index (χ3v) is 2.19. The summed E-state index contributed by atoms with van der Waals surface area (Å²) in [7, 11) is 0. The van der Waals surface area contributed by atoms with E-state index in [1.54, 1.807) is 25.1 Å². The van der Waals surface area contributed by atoms with Gasteiger partial charge in [0.15, 0.2) is 0 Å². The van der Waals surface area contributed by atoms with E-state index in [1.165, 1.54) is 0 Å². The SMILES string of the molecule is C[C@H](CC(=O)O)Oc1cccc(Cl)c1C#N. The highest BCUT2D eigenvalue weighted by Gasteiger charge is 2.13. The first kappa shape index (κ1) is 12.3. The molecule has 1 aromatic carbocycles. The summed E-state index contributed by atoms with van der Waals surface area (Å²) in [5.74, 6) is -0.642. The van der Waals surface area contributed by atoms with Gasteiger partial charge in [-0.2, -0.15) is 5.26 Å². The van der Waals surface area contributed by atoms with Crippen molar-refractivity contribution in [2.24, 2.45) is 0 Å². The first-order valence-corrected chi connectivity index (χ1v) is 4.99. The summed E-state index contributed by atoms with van der Waals surface area (Å²) in [6.45, 7) is 1.62. The van der Waals surface area contributed by atoms with Crippen molar-refractivity contribution >= 4 is 17.6 Å². The number of aliphatic carboxylic acids is 1. The van der Waals surface area contributed by atoms with Crippen molar-refractivity contribution in [3.8, 4) is 11.8 Å². The number of benzene rings is 1. The summed E-state index contributed by atoms with van der Waals surface area (Å²) in [6.07, 6.45) is -0.639. The Hall–Kier alpha value is -1.73. The molecule has 0 saturated heterocycles. The van der Waals surface area contributed by atoms with Crippen LogP contribution in [-0.2, 0) is 4.79 Å². The van der Waals surface area contributed by atoms with Crippen LogP contribution < -0.4 is 4.74 Å². The number of halogens is 1. The molecular weight excluding hydrogens is 230 g/mol. The molecule has 0 radical (unpaired) electrons. The highest BCUT2D eigenvalue weighted by atomic mass is 35.5. The number of ether oxygens (including phenoxy) is 1. The lowest BCUT2D eigenvalue weighted by molar-refractivity contribution is -0.138. The Labute approximate surface area is 98.0 Å². The maximum atomic E-state index is 10.5. The number of carbonyl (C=O) groups is 1. The predicted octanol–water partition coefficient (Wildman–Crippen LogP) is 2.45. The summed E-state index contributed by atoms with van der Waals surface area (Å²) in [5.41, 5.74) is 0.224. The van der Waals surface area contributed by atoms with Crippen molar-refractivity contribution in [1.29, 1.82) is 5.26 Å². The third-order valence-electron chi connectivity index (χ3n) is 1.88. The molecular formula is C11H10ClNO3. The lowest BCUT2D eigenvalue weighted by Crippen LogP contribution is -2.17. The highest BCUT2D eigenvalue weighted by molar-refractivity contribution is 6.31. The van der Waals surface area contributed by atoms with E-state index in [1.807, 2.05) is 6.07 Å². The van der Waals surface area contributed by atoms with Crippen LogP contribution >= 0.6 is 11.6 Å². The number of carboxylic acids is 1. The van der Waals surface area contributed by atoms with Crippen LogP contribution in [0.2, 0.25) is 5.02 Å². The zero-order valence-electron chi connectivity index (χ0n) is 8.61. The lowest BCUT2D eigenvalue weighted by atomic mass is 10.2. The van der Waals surface area contributed by atoms with Crippen LogP contribution in [0.5, 0.6) is 5.75 Å². The van der Waals surface area contributed by atoms with Crippen LogP contribution in [-0.4, -0.2) is 17.2 Å². The van der Waals surface area contributed by atoms with Gasteiger partial charge in [0.2, 0.25) is 0 Å². The van der Waals surface area contributed by atoms with Crippen LogP contribution in [0.1, 0.15) is 18.9 Å². The zero-order chi connectivity index (χ0) is 12.1. The molecule has 1 atom stereocenters. The van der Waals surface area contributed by atoms with Gasteiger partial charge in [-0.25, -0.2) is 0 Å². The maximum Gasteiger partial charge on any atom is 0.307 e. The molecule has 0 unspecified atom stereocenters. The number of carboxylic acid groups (broad SMARTS) is 1.